The van der Waals surface area contributed by atoms with Crippen molar-refractivity contribution >= 4 is 5.91 Å². The molecule has 1 aliphatic heterocycles. The number of fused-ring (bicyclic) bond motifs is 2. The van der Waals surface area contributed by atoms with Crippen LogP contribution in [0.2, 0.25) is 0 Å². The standard InChI is InChI=1S/C17H20N4O2/c22-6-5-21-16-11-20(10-14(16)9-19-21)17(23)13-7-12-3-1-2-4-15(12)18-8-13/h7-9,22H,1-6,10-11H2. The molecule has 1 amide bonds. The number of hydrogen-bond donors (Lipinski definition) is 1. The highest BCUT2D eigenvalue weighted by atomic mass is 16.3. The molecule has 4 rings (SSSR count). The first-order chi connectivity index (χ1) is 11.3. The van der Waals surface area contributed by atoms with Gasteiger partial charge < -0.3 is 10.0 Å². The predicted molar refractivity (Wildman–Crippen MR) is 83.8 cm³/mol. The lowest BCUT2D eigenvalue weighted by Gasteiger charge is -2.19. The Hall–Kier alpha value is -2.21. The van der Waals surface area contributed by atoms with Gasteiger partial charge in [-0.25, -0.2) is 0 Å². The summed E-state index contributed by atoms with van der Waals surface area (Å²) in [5, 5.41) is 13.3. The number of pyridine rings is 1. The summed E-state index contributed by atoms with van der Waals surface area (Å²) in [4.78, 5) is 19.1. The Morgan fingerprint density at radius 2 is 2.04 bits per heavy atom. The molecule has 2 aliphatic rings. The minimum atomic E-state index is 0.0256. The van der Waals surface area contributed by atoms with E-state index in [0.717, 1.165) is 29.8 Å². The van der Waals surface area contributed by atoms with Crippen LogP contribution in [0.15, 0.2) is 18.5 Å². The van der Waals surface area contributed by atoms with Crippen LogP contribution in [-0.4, -0.2) is 37.3 Å². The van der Waals surface area contributed by atoms with Gasteiger partial charge in [0.15, 0.2) is 0 Å². The highest BCUT2D eigenvalue weighted by molar-refractivity contribution is 5.94. The summed E-state index contributed by atoms with van der Waals surface area (Å²) < 4.78 is 1.79. The fraction of sp³-hybridized carbons (Fsp3) is 0.471. The maximum atomic E-state index is 12.8. The van der Waals surface area contributed by atoms with Gasteiger partial charge in [-0.05, 0) is 37.3 Å². The number of rotatable bonds is 3. The molecule has 3 heterocycles. The van der Waals surface area contributed by atoms with E-state index in [-0.39, 0.29) is 12.5 Å². The number of carbonyl (C=O) groups is 1. The van der Waals surface area contributed by atoms with Gasteiger partial charge in [0.2, 0.25) is 0 Å². The number of aromatic nitrogens is 3. The normalized spacial score (nSPS) is 16.3. The van der Waals surface area contributed by atoms with E-state index in [0.29, 0.717) is 25.2 Å². The molecule has 0 unspecified atom stereocenters. The summed E-state index contributed by atoms with van der Waals surface area (Å²) in [6.07, 6.45) is 7.93. The molecule has 0 saturated heterocycles. The second-order valence-electron chi connectivity index (χ2n) is 6.26. The van der Waals surface area contributed by atoms with E-state index in [9.17, 15) is 4.79 Å². The van der Waals surface area contributed by atoms with Crippen molar-refractivity contribution in [3.8, 4) is 0 Å². The largest absolute Gasteiger partial charge is 0.394 e. The lowest BCUT2D eigenvalue weighted by atomic mass is 9.95. The van der Waals surface area contributed by atoms with E-state index < -0.39 is 0 Å². The maximum absolute atomic E-state index is 12.8. The summed E-state index contributed by atoms with van der Waals surface area (Å²) in [5.41, 5.74) is 5.15. The Morgan fingerprint density at radius 1 is 1.17 bits per heavy atom. The van der Waals surface area contributed by atoms with E-state index >= 15 is 0 Å². The van der Waals surface area contributed by atoms with Gasteiger partial charge in [-0.3, -0.25) is 14.5 Å². The average Bonchev–Trinajstić information content (AvgIpc) is 3.16. The predicted octanol–water partition coefficient (Wildman–Crippen LogP) is 1.31. The van der Waals surface area contributed by atoms with Crippen LogP contribution in [0, 0.1) is 0 Å². The topological polar surface area (TPSA) is 71.2 Å². The summed E-state index contributed by atoms with van der Waals surface area (Å²) in [6.45, 7) is 1.65. The van der Waals surface area contributed by atoms with Crippen LogP contribution in [0.5, 0.6) is 0 Å². The minimum Gasteiger partial charge on any atom is -0.394 e. The molecule has 120 valence electrons. The number of aryl methyl sites for hydroxylation is 2. The molecular weight excluding hydrogens is 292 g/mol. The molecule has 0 spiro atoms. The zero-order chi connectivity index (χ0) is 15.8. The molecule has 2 aromatic rings. The smallest absolute Gasteiger partial charge is 0.256 e. The highest BCUT2D eigenvalue weighted by Crippen LogP contribution is 2.25. The van der Waals surface area contributed by atoms with Crippen LogP contribution < -0.4 is 0 Å². The van der Waals surface area contributed by atoms with Crippen molar-refractivity contribution in [2.45, 2.75) is 45.3 Å². The Labute approximate surface area is 134 Å². The summed E-state index contributed by atoms with van der Waals surface area (Å²) in [6, 6.07) is 2.02. The number of hydrogen-bond acceptors (Lipinski definition) is 4. The van der Waals surface area contributed by atoms with Gasteiger partial charge >= 0.3 is 0 Å². The number of aliphatic hydroxyl groups excluding tert-OH is 1. The second-order valence-corrected chi connectivity index (χ2v) is 6.26. The number of nitrogens with zero attached hydrogens (tertiary/aromatic N) is 4. The number of aliphatic hydroxyl groups is 1. The Bertz CT molecular complexity index is 753. The third-order valence-corrected chi connectivity index (χ3v) is 4.75. The lowest BCUT2D eigenvalue weighted by molar-refractivity contribution is 0.0747. The van der Waals surface area contributed by atoms with E-state index in [1.165, 1.54) is 18.4 Å². The quantitative estimate of drug-likeness (QED) is 0.927. The first kappa shape index (κ1) is 14.4. The molecular formula is C17H20N4O2. The molecule has 0 atom stereocenters. The van der Waals surface area contributed by atoms with Crippen molar-refractivity contribution in [3.05, 3.63) is 46.5 Å². The van der Waals surface area contributed by atoms with E-state index in [1.807, 2.05) is 11.0 Å². The van der Waals surface area contributed by atoms with Gasteiger partial charge in [-0.15, -0.1) is 0 Å². The van der Waals surface area contributed by atoms with Crippen molar-refractivity contribution < 1.29 is 9.90 Å². The van der Waals surface area contributed by atoms with Gasteiger partial charge in [0.1, 0.15) is 0 Å². The average molecular weight is 312 g/mol. The maximum Gasteiger partial charge on any atom is 0.256 e. The molecule has 6 heteroatoms. The summed E-state index contributed by atoms with van der Waals surface area (Å²) in [5.74, 6) is 0.0256. The molecule has 0 saturated carbocycles. The number of carbonyl (C=O) groups excluding carboxylic acids is 1. The van der Waals surface area contributed by atoms with Gasteiger partial charge in [0, 0.05) is 24.0 Å². The Balaban J connectivity index is 1.54. The number of amides is 1. The zero-order valence-electron chi connectivity index (χ0n) is 13.0. The van der Waals surface area contributed by atoms with Crippen LogP contribution in [0.3, 0.4) is 0 Å². The van der Waals surface area contributed by atoms with Crippen molar-refractivity contribution in [3.63, 3.8) is 0 Å². The zero-order valence-corrected chi connectivity index (χ0v) is 13.0. The molecule has 6 nitrogen and oxygen atoms in total. The third-order valence-electron chi connectivity index (χ3n) is 4.75. The molecule has 0 bridgehead atoms. The molecule has 1 aliphatic carbocycles. The molecule has 0 aromatic carbocycles. The molecule has 0 radical (unpaired) electrons. The summed E-state index contributed by atoms with van der Waals surface area (Å²) >= 11 is 0. The van der Waals surface area contributed by atoms with Crippen molar-refractivity contribution in [2.24, 2.45) is 0 Å². The van der Waals surface area contributed by atoms with Gasteiger partial charge in [0.25, 0.3) is 5.91 Å². The molecule has 1 N–H and O–H groups in total. The molecule has 2 aromatic heterocycles. The van der Waals surface area contributed by atoms with E-state index in [2.05, 4.69) is 10.1 Å². The van der Waals surface area contributed by atoms with Crippen molar-refractivity contribution in [1.82, 2.24) is 19.7 Å². The first-order valence-electron chi connectivity index (χ1n) is 8.18. The third kappa shape index (κ3) is 2.53. The van der Waals surface area contributed by atoms with Crippen molar-refractivity contribution in [2.75, 3.05) is 6.61 Å². The first-order valence-corrected chi connectivity index (χ1v) is 8.18. The SMILES string of the molecule is O=C(c1cnc2c(c1)CCCC2)N1Cc2cnn(CCO)c2C1. The van der Waals surface area contributed by atoms with E-state index in [1.54, 1.807) is 17.1 Å². The fourth-order valence-corrected chi connectivity index (χ4v) is 3.53. The molecule has 0 fully saturated rings. The lowest BCUT2D eigenvalue weighted by Crippen LogP contribution is -2.27. The Kier molecular flexibility index (Phi) is 3.61. The molecule has 23 heavy (non-hydrogen) atoms. The van der Waals surface area contributed by atoms with Crippen LogP contribution in [0.4, 0.5) is 0 Å². The second kappa shape index (κ2) is 5.77. The summed E-state index contributed by atoms with van der Waals surface area (Å²) in [7, 11) is 0. The fourth-order valence-electron chi connectivity index (χ4n) is 3.53. The Morgan fingerprint density at radius 3 is 2.91 bits per heavy atom. The monoisotopic (exact) mass is 312 g/mol. The van der Waals surface area contributed by atoms with Crippen molar-refractivity contribution in [1.29, 1.82) is 0 Å². The van der Waals surface area contributed by atoms with Crippen LogP contribution >= 0.6 is 0 Å². The van der Waals surface area contributed by atoms with Crippen LogP contribution in [0.1, 0.15) is 45.7 Å². The van der Waals surface area contributed by atoms with Gasteiger partial charge in [0.05, 0.1) is 37.2 Å². The van der Waals surface area contributed by atoms with Crippen LogP contribution in [0.25, 0.3) is 0 Å². The van der Waals surface area contributed by atoms with Crippen LogP contribution in [-0.2, 0) is 32.5 Å². The highest BCUT2D eigenvalue weighted by Gasteiger charge is 2.28. The van der Waals surface area contributed by atoms with Gasteiger partial charge in [-0.1, -0.05) is 0 Å². The van der Waals surface area contributed by atoms with E-state index in [4.69, 9.17) is 5.11 Å². The van der Waals surface area contributed by atoms with Gasteiger partial charge in [-0.2, -0.15) is 5.10 Å². The minimum absolute atomic E-state index is 0.0256.